The molecule has 0 radical (unpaired) electrons. The lowest BCUT2D eigenvalue weighted by Gasteiger charge is -2.17. The van der Waals surface area contributed by atoms with E-state index in [1.54, 1.807) is 6.92 Å². The molecule has 0 saturated carbocycles. The molecular weight excluding hydrogens is 234 g/mol. The summed E-state index contributed by atoms with van der Waals surface area (Å²) in [4.78, 5) is 22.4. The monoisotopic (exact) mass is 249 g/mol. The molecule has 0 unspecified atom stereocenters. The molecule has 0 aromatic heterocycles. The highest BCUT2D eigenvalue weighted by molar-refractivity contribution is 5.79. The van der Waals surface area contributed by atoms with Crippen molar-refractivity contribution < 1.29 is 19.8 Å². The van der Waals surface area contributed by atoms with E-state index < -0.39 is 35.9 Å². The Balaban J connectivity index is 2.34. The Bertz CT molecular complexity index is 459. The van der Waals surface area contributed by atoms with Gasteiger partial charge in [-0.05, 0) is 11.5 Å². The standard InChI is InChI=1S/C13H15NO4/c1-7-9(12(15)16)11(14-10(7)13(17)18)8-5-3-2-4-6-8/h2-7,9-11,14H,1H3,(H,15,16)(H,17,18)/t7-,9-,10-,11+/m1/s1. The summed E-state index contributed by atoms with van der Waals surface area (Å²) in [5.41, 5.74) is 0.806. The van der Waals surface area contributed by atoms with Crippen molar-refractivity contribution in [3.8, 4) is 0 Å². The van der Waals surface area contributed by atoms with Crippen LogP contribution in [0.4, 0.5) is 0 Å². The van der Waals surface area contributed by atoms with Crippen LogP contribution in [0.3, 0.4) is 0 Å². The normalized spacial score (nSPS) is 31.2. The van der Waals surface area contributed by atoms with Gasteiger partial charge in [0.2, 0.25) is 0 Å². The van der Waals surface area contributed by atoms with Crippen LogP contribution in [0.5, 0.6) is 0 Å². The fourth-order valence-electron chi connectivity index (χ4n) is 2.59. The van der Waals surface area contributed by atoms with Crippen LogP contribution in [0.25, 0.3) is 0 Å². The summed E-state index contributed by atoms with van der Waals surface area (Å²) < 4.78 is 0. The smallest absolute Gasteiger partial charge is 0.321 e. The molecule has 0 spiro atoms. The van der Waals surface area contributed by atoms with Crippen LogP contribution in [0.2, 0.25) is 0 Å². The molecule has 96 valence electrons. The second-order valence-electron chi connectivity index (χ2n) is 4.59. The Hall–Kier alpha value is -1.88. The Labute approximate surface area is 104 Å². The minimum atomic E-state index is -1.01. The van der Waals surface area contributed by atoms with Crippen LogP contribution in [0, 0.1) is 11.8 Å². The molecule has 1 fully saturated rings. The molecule has 1 saturated heterocycles. The summed E-state index contributed by atoms with van der Waals surface area (Å²) in [6, 6.07) is 7.81. The second-order valence-corrected chi connectivity index (χ2v) is 4.59. The molecule has 1 aliphatic heterocycles. The minimum Gasteiger partial charge on any atom is -0.481 e. The maximum Gasteiger partial charge on any atom is 0.321 e. The van der Waals surface area contributed by atoms with E-state index in [2.05, 4.69) is 5.32 Å². The maximum absolute atomic E-state index is 11.3. The largest absolute Gasteiger partial charge is 0.481 e. The molecule has 1 aromatic carbocycles. The van der Waals surface area contributed by atoms with Crippen molar-refractivity contribution in [3.63, 3.8) is 0 Å². The Kier molecular flexibility index (Phi) is 3.34. The minimum absolute atomic E-state index is 0.454. The zero-order valence-corrected chi connectivity index (χ0v) is 9.91. The Morgan fingerprint density at radius 2 is 1.72 bits per heavy atom. The predicted octanol–water partition coefficient (Wildman–Crippen LogP) is 1.12. The zero-order valence-electron chi connectivity index (χ0n) is 9.91. The molecule has 0 bridgehead atoms. The predicted molar refractivity (Wildman–Crippen MR) is 64.0 cm³/mol. The average Bonchev–Trinajstić information content (AvgIpc) is 2.68. The number of benzene rings is 1. The molecule has 0 aliphatic carbocycles. The molecule has 2 rings (SSSR count). The molecule has 18 heavy (non-hydrogen) atoms. The van der Waals surface area contributed by atoms with Crippen LogP contribution in [-0.2, 0) is 9.59 Å². The van der Waals surface area contributed by atoms with Gasteiger partial charge in [-0.15, -0.1) is 0 Å². The van der Waals surface area contributed by atoms with Gasteiger partial charge in [-0.1, -0.05) is 37.3 Å². The quantitative estimate of drug-likeness (QED) is 0.747. The van der Waals surface area contributed by atoms with Gasteiger partial charge < -0.3 is 10.2 Å². The summed E-state index contributed by atoms with van der Waals surface area (Å²) in [6.45, 7) is 1.66. The van der Waals surface area contributed by atoms with E-state index in [0.717, 1.165) is 5.56 Å². The number of rotatable bonds is 3. The van der Waals surface area contributed by atoms with Gasteiger partial charge in [0, 0.05) is 6.04 Å². The van der Waals surface area contributed by atoms with Crippen molar-refractivity contribution in [2.24, 2.45) is 11.8 Å². The summed E-state index contributed by atoms with van der Waals surface area (Å²) in [6.07, 6.45) is 0. The highest BCUT2D eigenvalue weighted by atomic mass is 16.4. The summed E-state index contributed by atoms with van der Waals surface area (Å²) >= 11 is 0. The second kappa shape index (κ2) is 4.78. The lowest BCUT2D eigenvalue weighted by Crippen LogP contribution is -2.35. The number of hydrogen-bond donors (Lipinski definition) is 3. The molecular formula is C13H15NO4. The maximum atomic E-state index is 11.3. The van der Waals surface area contributed by atoms with Crippen molar-refractivity contribution in [1.82, 2.24) is 5.32 Å². The van der Waals surface area contributed by atoms with E-state index in [-0.39, 0.29) is 0 Å². The molecule has 5 nitrogen and oxygen atoms in total. The Morgan fingerprint density at radius 3 is 2.22 bits per heavy atom. The van der Waals surface area contributed by atoms with E-state index in [1.165, 1.54) is 0 Å². The summed E-state index contributed by atoms with van der Waals surface area (Å²) in [7, 11) is 0. The summed E-state index contributed by atoms with van der Waals surface area (Å²) in [5.74, 6) is -3.15. The van der Waals surface area contributed by atoms with E-state index >= 15 is 0 Å². The molecule has 1 aliphatic rings. The van der Waals surface area contributed by atoms with E-state index in [1.807, 2.05) is 30.3 Å². The first-order valence-corrected chi connectivity index (χ1v) is 5.79. The lowest BCUT2D eigenvalue weighted by atomic mass is 9.86. The van der Waals surface area contributed by atoms with E-state index in [4.69, 9.17) is 5.11 Å². The average molecular weight is 249 g/mol. The van der Waals surface area contributed by atoms with Gasteiger partial charge in [0.25, 0.3) is 0 Å². The van der Waals surface area contributed by atoms with Crippen LogP contribution < -0.4 is 5.32 Å². The number of carboxylic acids is 2. The highest BCUT2D eigenvalue weighted by Crippen LogP contribution is 2.37. The van der Waals surface area contributed by atoms with Crippen LogP contribution in [0.1, 0.15) is 18.5 Å². The SMILES string of the molecule is C[C@@H]1[C@@H](C(=O)O)[C@H](c2ccccc2)N[C@H]1C(=O)O. The molecule has 3 N–H and O–H groups in total. The Morgan fingerprint density at radius 1 is 1.11 bits per heavy atom. The van der Waals surface area contributed by atoms with E-state index in [9.17, 15) is 14.7 Å². The first kappa shape index (κ1) is 12.6. The molecule has 1 aromatic rings. The molecule has 5 heteroatoms. The van der Waals surface area contributed by atoms with Crippen molar-refractivity contribution >= 4 is 11.9 Å². The molecule has 1 heterocycles. The number of carboxylic acid groups (broad SMARTS) is 2. The first-order valence-electron chi connectivity index (χ1n) is 5.79. The van der Waals surface area contributed by atoms with Crippen LogP contribution in [-0.4, -0.2) is 28.2 Å². The van der Waals surface area contributed by atoms with Crippen LogP contribution in [0.15, 0.2) is 30.3 Å². The van der Waals surface area contributed by atoms with Gasteiger partial charge in [0.15, 0.2) is 0 Å². The van der Waals surface area contributed by atoms with Crippen molar-refractivity contribution in [2.45, 2.75) is 19.0 Å². The third-order valence-corrected chi connectivity index (χ3v) is 3.52. The van der Waals surface area contributed by atoms with Gasteiger partial charge in [-0.3, -0.25) is 14.9 Å². The first-order chi connectivity index (χ1) is 8.52. The van der Waals surface area contributed by atoms with Crippen molar-refractivity contribution in [3.05, 3.63) is 35.9 Å². The van der Waals surface area contributed by atoms with Gasteiger partial charge in [-0.25, -0.2) is 0 Å². The topological polar surface area (TPSA) is 86.6 Å². The van der Waals surface area contributed by atoms with E-state index in [0.29, 0.717) is 0 Å². The molecule has 0 amide bonds. The van der Waals surface area contributed by atoms with Gasteiger partial charge in [0.05, 0.1) is 5.92 Å². The lowest BCUT2D eigenvalue weighted by molar-refractivity contribution is -0.144. The number of hydrogen-bond acceptors (Lipinski definition) is 3. The van der Waals surface area contributed by atoms with Gasteiger partial charge >= 0.3 is 11.9 Å². The van der Waals surface area contributed by atoms with Gasteiger partial charge in [-0.2, -0.15) is 0 Å². The molecule has 4 atom stereocenters. The number of carbonyl (C=O) groups is 2. The zero-order chi connectivity index (χ0) is 13.3. The van der Waals surface area contributed by atoms with Crippen molar-refractivity contribution in [1.29, 1.82) is 0 Å². The number of nitrogens with one attached hydrogen (secondary N) is 1. The fourth-order valence-corrected chi connectivity index (χ4v) is 2.59. The van der Waals surface area contributed by atoms with Gasteiger partial charge in [0.1, 0.15) is 6.04 Å². The van der Waals surface area contributed by atoms with Crippen molar-refractivity contribution in [2.75, 3.05) is 0 Å². The highest BCUT2D eigenvalue weighted by Gasteiger charge is 2.47. The fraction of sp³-hybridized carbons (Fsp3) is 0.385. The summed E-state index contributed by atoms with van der Waals surface area (Å²) in [5, 5.41) is 21.3. The van der Waals surface area contributed by atoms with Crippen LogP contribution >= 0.6 is 0 Å². The third kappa shape index (κ3) is 2.09. The third-order valence-electron chi connectivity index (χ3n) is 3.52. The number of aliphatic carboxylic acids is 2.